The summed E-state index contributed by atoms with van der Waals surface area (Å²) in [5.41, 5.74) is 1.91. The lowest BCUT2D eigenvalue weighted by molar-refractivity contribution is 0.409. The van der Waals surface area contributed by atoms with Gasteiger partial charge in [0.2, 0.25) is 0 Å². The fourth-order valence-electron chi connectivity index (χ4n) is 1.89. The van der Waals surface area contributed by atoms with Gasteiger partial charge >= 0.3 is 0 Å². The van der Waals surface area contributed by atoms with Crippen LogP contribution in [0, 0.1) is 5.82 Å². The highest BCUT2D eigenvalue weighted by Crippen LogP contribution is 2.31. The number of benzene rings is 2. The van der Waals surface area contributed by atoms with Crippen molar-refractivity contribution in [3.8, 4) is 5.75 Å². The van der Waals surface area contributed by atoms with E-state index in [0.717, 1.165) is 16.9 Å². The lowest BCUT2D eigenvalue weighted by Crippen LogP contribution is -1.99. The third kappa shape index (κ3) is 3.48. The second-order valence-corrected chi connectivity index (χ2v) is 5.54. The monoisotopic (exact) mass is 342 g/mol. The maximum absolute atomic E-state index is 13.2. The van der Waals surface area contributed by atoms with Crippen LogP contribution in [-0.4, -0.2) is 7.11 Å². The number of ether oxygens (including phenoxy) is 1. The molecule has 0 bridgehead atoms. The number of methoxy groups -OCH3 is 1. The van der Waals surface area contributed by atoms with Gasteiger partial charge in [-0.1, -0.05) is 24.3 Å². The molecule has 0 aromatic heterocycles. The van der Waals surface area contributed by atoms with E-state index in [-0.39, 0.29) is 11.2 Å². The van der Waals surface area contributed by atoms with Crippen LogP contribution in [0.15, 0.2) is 46.9 Å². The molecule has 0 aliphatic carbocycles. The molecule has 0 aliphatic heterocycles. The molecule has 0 saturated heterocycles. The Bertz CT molecular complexity index is 574. The van der Waals surface area contributed by atoms with E-state index >= 15 is 0 Å². The highest BCUT2D eigenvalue weighted by Gasteiger charge is 2.13. The third-order valence-corrected chi connectivity index (χ3v) is 3.91. The minimum Gasteiger partial charge on any atom is -0.496 e. The summed E-state index contributed by atoms with van der Waals surface area (Å²) in [6, 6.07) is 12.6. The predicted octanol–water partition coefficient (Wildman–Crippen LogP) is 5.12. The molecule has 1 unspecified atom stereocenters. The number of para-hydroxylation sites is 1. The predicted molar refractivity (Wildman–Crippen MR) is 79.4 cm³/mol. The van der Waals surface area contributed by atoms with E-state index in [1.54, 1.807) is 19.2 Å². The number of rotatable bonds is 4. The highest BCUT2D eigenvalue weighted by atomic mass is 79.9. The lowest BCUT2D eigenvalue weighted by atomic mass is 10.0. The van der Waals surface area contributed by atoms with Gasteiger partial charge in [-0.25, -0.2) is 4.39 Å². The van der Waals surface area contributed by atoms with E-state index < -0.39 is 0 Å². The summed E-state index contributed by atoms with van der Waals surface area (Å²) in [5.74, 6) is 0.527. The van der Waals surface area contributed by atoms with Gasteiger partial charge in [-0.05, 0) is 51.7 Å². The van der Waals surface area contributed by atoms with E-state index in [1.165, 1.54) is 6.07 Å². The van der Waals surface area contributed by atoms with E-state index in [2.05, 4.69) is 15.9 Å². The largest absolute Gasteiger partial charge is 0.496 e. The average Bonchev–Trinajstić information content (AvgIpc) is 2.42. The second-order valence-electron chi connectivity index (χ2n) is 4.16. The molecule has 0 saturated carbocycles. The zero-order valence-corrected chi connectivity index (χ0v) is 12.7. The number of alkyl halides is 1. The molecule has 19 heavy (non-hydrogen) atoms. The molecule has 1 nitrogen and oxygen atoms in total. The molecular formula is C15H13BrClFO. The van der Waals surface area contributed by atoms with Crippen molar-refractivity contribution >= 4 is 27.5 Å². The maximum Gasteiger partial charge on any atom is 0.137 e. The van der Waals surface area contributed by atoms with E-state index in [4.69, 9.17) is 16.3 Å². The van der Waals surface area contributed by atoms with Crippen molar-refractivity contribution in [1.29, 1.82) is 0 Å². The normalized spacial score (nSPS) is 12.2. The summed E-state index contributed by atoms with van der Waals surface area (Å²) in [7, 11) is 1.64. The topological polar surface area (TPSA) is 9.23 Å². The number of halogens is 3. The van der Waals surface area contributed by atoms with Gasteiger partial charge in [0.25, 0.3) is 0 Å². The third-order valence-electron chi connectivity index (χ3n) is 2.90. The molecule has 0 heterocycles. The Kier molecular flexibility index (Phi) is 4.83. The standard InChI is InChI=1S/C15H13BrClFO/c1-19-15-5-3-2-4-11(15)9-13(17)10-6-7-14(18)12(16)8-10/h2-8,13H,9H2,1H3. The Labute approximate surface area is 125 Å². The average molecular weight is 344 g/mol. The van der Waals surface area contributed by atoms with Crippen LogP contribution >= 0.6 is 27.5 Å². The van der Waals surface area contributed by atoms with Gasteiger partial charge in [-0.2, -0.15) is 0 Å². The summed E-state index contributed by atoms with van der Waals surface area (Å²) in [5, 5.41) is -0.229. The van der Waals surface area contributed by atoms with Gasteiger partial charge in [0.05, 0.1) is 17.0 Å². The molecule has 0 amide bonds. The molecule has 0 fully saturated rings. The molecule has 2 rings (SSSR count). The van der Waals surface area contributed by atoms with Crippen molar-refractivity contribution < 1.29 is 9.13 Å². The lowest BCUT2D eigenvalue weighted by Gasteiger charge is -2.13. The van der Waals surface area contributed by atoms with Crippen LogP contribution in [-0.2, 0) is 6.42 Å². The maximum atomic E-state index is 13.2. The first-order valence-electron chi connectivity index (χ1n) is 5.82. The molecule has 4 heteroatoms. The van der Waals surface area contributed by atoms with Crippen molar-refractivity contribution in [1.82, 2.24) is 0 Å². The molecule has 2 aromatic carbocycles. The van der Waals surface area contributed by atoms with Crippen LogP contribution in [0.4, 0.5) is 4.39 Å². The van der Waals surface area contributed by atoms with Crippen molar-refractivity contribution in [2.24, 2.45) is 0 Å². The first kappa shape index (κ1) is 14.4. The van der Waals surface area contributed by atoms with Gasteiger partial charge in [0.1, 0.15) is 11.6 Å². The number of hydrogen-bond donors (Lipinski definition) is 0. The van der Waals surface area contributed by atoms with Crippen LogP contribution in [0.1, 0.15) is 16.5 Å². The van der Waals surface area contributed by atoms with Crippen LogP contribution in [0.3, 0.4) is 0 Å². The fraction of sp³-hybridized carbons (Fsp3) is 0.200. The minimum atomic E-state index is -0.287. The SMILES string of the molecule is COc1ccccc1CC(Cl)c1ccc(F)c(Br)c1. The smallest absolute Gasteiger partial charge is 0.137 e. The Balaban J connectivity index is 2.20. The highest BCUT2D eigenvalue weighted by molar-refractivity contribution is 9.10. The summed E-state index contributed by atoms with van der Waals surface area (Å²) >= 11 is 9.56. The fourth-order valence-corrected chi connectivity index (χ4v) is 2.59. The quantitative estimate of drug-likeness (QED) is 0.700. The van der Waals surface area contributed by atoms with Crippen molar-refractivity contribution in [2.45, 2.75) is 11.8 Å². The van der Waals surface area contributed by atoms with Crippen LogP contribution in [0.2, 0.25) is 0 Å². The van der Waals surface area contributed by atoms with E-state index in [1.807, 2.05) is 24.3 Å². The first-order chi connectivity index (χ1) is 9.11. The molecule has 0 spiro atoms. The van der Waals surface area contributed by atoms with Crippen molar-refractivity contribution in [2.75, 3.05) is 7.11 Å². The van der Waals surface area contributed by atoms with Gasteiger partial charge in [0, 0.05) is 0 Å². The van der Waals surface area contributed by atoms with Crippen LogP contribution < -0.4 is 4.74 Å². The van der Waals surface area contributed by atoms with E-state index in [0.29, 0.717) is 10.9 Å². The molecular weight excluding hydrogens is 331 g/mol. The van der Waals surface area contributed by atoms with Crippen LogP contribution in [0.5, 0.6) is 5.75 Å². The Hall–Kier alpha value is -1.06. The summed E-state index contributed by atoms with van der Waals surface area (Å²) < 4.78 is 18.9. The molecule has 100 valence electrons. The molecule has 1 atom stereocenters. The van der Waals surface area contributed by atoms with Crippen molar-refractivity contribution in [3.05, 3.63) is 63.9 Å². The Morgan fingerprint density at radius 1 is 1.26 bits per heavy atom. The molecule has 0 radical (unpaired) electrons. The second kappa shape index (κ2) is 6.40. The summed E-state index contributed by atoms with van der Waals surface area (Å²) in [6.45, 7) is 0. The molecule has 0 aliphatic rings. The minimum absolute atomic E-state index is 0.229. The first-order valence-corrected chi connectivity index (χ1v) is 7.05. The number of hydrogen-bond acceptors (Lipinski definition) is 1. The molecule has 2 aromatic rings. The van der Waals surface area contributed by atoms with Gasteiger partial charge in [-0.3, -0.25) is 0 Å². The van der Waals surface area contributed by atoms with Crippen molar-refractivity contribution in [3.63, 3.8) is 0 Å². The van der Waals surface area contributed by atoms with Gasteiger partial charge < -0.3 is 4.74 Å². The zero-order valence-electron chi connectivity index (χ0n) is 10.4. The van der Waals surface area contributed by atoms with Gasteiger partial charge in [0.15, 0.2) is 0 Å². The molecule has 0 N–H and O–H groups in total. The Morgan fingerprint density at radius 3 is 2.68 bits per heavy atom. The summed E-state index contributed by atoms with van der Waals surface area (Å²) in [6.07, 6.45) is 0.629. The van der Waals surface area contributed by atoms with E-state index in [9.17, 15) is 4.39 Å². The summed E-state index contributed by atoms with van der Waals surface area (Å²) in [4.78, 5) is 0. The zero-order chi connectivity index (χ0) is 13.8. The van der Waals surface area contributed by atoms with Crippen LogP contribution in [0.25, 0.3) is 0 Å². The van der Waals surface area contributed by atoms with Gasteiger partial charge in [-0.15, -0.1) is 11.6 Å². The Morgan fingerprint density at radius 2 is 2.00 bits per heavy atom.